The topological polar surface area (TPSA) is 167 Å². The highest BCUT2D eigenvalue weighted by Crippen LogP contribution is 2.24. The minimum Gasteiger partial charge on any atom is -0.482 e. The number of anilines is 2. The first kappa shape index (κ1) is 30.8. The second-order valence-corrected chi connectivity index (χ2v) is 8.07. The lowest BCUT2D eigenvalue weighted by molar-refractivity contribution is -0.139. The molecule has 198 valence electrons. The predicted molar refractivity (Wildman–Crippen MR) is 141 cm³/mol. The van der Waals surface area contributed by atoms with Crippen molar-refractivity contribution in [2.45, 2.75) is 27.7 Å². The Bertz CT molecular complexity index is 1190. The summed E-state index contributed by atoms with van der Waals surface area (Å²) in [4.78, 5) is 39.6. The number of benzene rings is 1. The third-order valence-electron chi connectivity index (χ3n) is 4.58. The van der Waals surface area contributed by atoms with Gasteiger partial charge in [0.05, 0.1) is 27.9 Å². The summed E-state index contributed by atoms with van der Waals surface area (Å²) >= 11 is 5.78. The maximum absolute atomic E-state index is 12.7. The molecule has 1 aromatic carbocycles. The Balaban J connectivity index is 0.000000649. The summed E-state index contributed by atoms with van der Waals surface area (Å²) in [6, 6.07) is 7.35. The number of carboxylic acids is 1. The summed E-state index contributed by atoms with van der Waals surface area (Å²) in [6.07, 6.45) is 4.32. The standard InChI is InChI=1S/C19H18ClN3O5.C6H11FN2/c1-3-11(2)18(26)22-15-6-5-13(28-10-17(24)25)8-14(15)19(27)23-16-7-4-12(20)9-21-16;1-4(6(8)9)3-5(2)7/h3-9H,10H2,1-2H3,(H,22,26)(H,24,25)(H,21,23,27);3-4H,1-2H3,(H3,8,9)/b11-3+;5-3+. The van der Waals surface area contributed by atoms with Crippen LogP contribution in [-0.4, -0.2) is 40.3 Å². The number of aromatic nitrogens is 1. The van der Waals surface area contributed by atoms with E-state index in [4.69, 9.17) is 32.6 Å². The number of allylic oxidation sites excluding steroid dienone is 2. The van der Waals surface area contributed by atoms with Crippen molar-refractivity contribution in [2.75, 3.05) is 17.2 Å². The Morgan fingerprint density at radius 2 is 1.92 bits per heavy atom. The molecule has 0 aliphatic rings. The predicted octanol–water partition coefficient (Wildman–Crippen LogP) is 4.79. The van der Waals surface area contributed by atoms with Gasteiger partial charge < -0.3 is 26.2 Å². The average Bonchev–Trinajstić information content (AvgIpc) is 2.84. The third kappa shape index (κ3) is 11.4. The van der Waals surface area contributed by atoms with Crippen LogP contribution in [0.15, 0.2) is 60.1 Å². The van der Waals surface area contributed by atoms with Gasteiger partial charge in [0.1, 0.15) is 11.6 Å². The van der Waals surface area contributed by atoms with Crippen molar-refractivity contribution in [3.63, 3.8) is 0 Å². The molecule has 0 fully saturated rings. The van der Waals surface area contributed by atoms with Gasteiger partial charge >= 0.3 is 5.97 Å². The van der Waals surface area contributed by atoms with Gasteiger partial charge in [0, 0.05) is 17.7 Å². The summed E-state index contributed by atoms with van der Waals surface area (Å²) in [5.74, 6) is -2.26. The van der Waals surface area contributed by atoms with Gasteiger partial charge in [-0.15, -0.1) is 0 Å². The zero-order chi connectivity index (χ0) is 28.1. The van der Waals surface area contributed by atoms with E-state index in [-0.39, 0.29) is 46.3 Å². The number of hydrogen-bond donors (Lipinski definition) is 5. The van der Waals surface area contributed by atoms with Crippen LogP contribution in [0.1, 0.15) is 38.1 Å². The van der Waals surface area contributed by atoms with Crippen LogP contribution in [0.4, 0.5) is 15.9 Å². The largest absolute Gasteiger partial charge is 0.482 e. The van der Waals surface area contributed by atoms with Crippen LogP contribution in [0.2, 0.25) is 5.02 Å². The molecule has 2 aromatic rings. The Morgan fingerprint density at radius 1 is 1.24 bits per heavy atom. The van der Waals surface area contributed by atoms with E-state index in [1.54, 1.807) is 32.9 Å². The molecule has 0 saturated heterocycles. The minimum absolute atomic E-state index is 0.00741. The number of ether oxygens (including phenoxy) is 1. The van der Waals surface area contributed by atoms with E-state index in [2.05, 4.69) is 15.6 Å². The number of carbonyl (C=O) groups is 3. The number of carbonyl (C=O) groups excluding carboxylic acids is 2. The van der Waals surface area contributed by atoms with Gasteiger partial charge in [-0.25, -0.2) is 14.2 Å². The SMILES string of the molecule is C/C(F)=C\C(C)C(=N)N.C/C=C(\C)C(=O)Nc1ccc(OCC(=O)O)cc1C(=O)Nc1ccc(Cl)cn1. The molecular weight excluding hydrogens is 505 g/mol. The lowest BCUT2D eigenvalue weighted by atomic mass is 10.1. The van der Waals surface area contributed by atoms with Crippen LogP contribution >= 0.6 is 11.6 Å². The zero-order valence-electron chi connectivity index (χ0n) is 20.8. The van der Waals surface area contributed by atoms with E-state index in [9.17, 15) is 18.8 Å². The fourth-order valence-corrected chi connectivity index (χ4v) is 2.59. The van der Waals surface area contributed by atoms with Crippen molar-refractivity contribution in [3.8, 4) is 5.75 Å². The average molecular weight is 534 g/mol. The monoisotopic (exact) mass is 533 g/mol. The second-order valence-electron chi connectivity index (χ2n) is 7.63. The Kier molecular flexibility index (Phi) is 12.5. The highest BCUT2D eigenvalue weighted by molar-refractivity contribution is 6.30. The summed E-state index contributed by atoms with van der Waals surface area (Å²) < 4.78 is 17.1. The number of hydrogen-bond acceptors (Lipinski definition) is 6. The van der Waals surface area contributed by atoms with Gasteiger partial charge in [0.25, 0.3) is 11.8 Å². The molecule has 12 heteroatoms. The first-order chi connectivity index (χ1) is 17.3. The van der Waals surface area contributed by atoms with Crippen LogP contribution in [0, 0.1) is 11.3 Å². The van der Waals surface area contributed by atoms with Crippen molar-refractivity contribution in [2.24, 2.45) is 11.7 Å². The molecule has 37 heavy (non-hydrogen) atoms. The smallest absolute Gasteiger partial charge is 0.341 e. The molecule has 1 atom stereocenters. The van der Waals surface area contributed by atoms with Gasteiger partial charge in [-0.2, -0.15) is 0 Å². The quantitative estimate of drug-likeness (QED) is 0.175. The number of nitrogens with one attached hydrogen (secondary N) is 3. The molecular formula is C25H29ClFN5O5. The number of amides is 2. The second kappa shape index (κ2) is 15.0. The van der Waals surface area contributed by atoms with E-state index < -0.39 is 18.5 Å². The van der Waals surface area contributed by atoms with Crippen molar-refractivity contribution in [3.05, 3.63) is 70.7 Å². The molecule has 0 spiro atoms. The molecule has 1 unspecified atom stereocenters. The molecule has 0 aliphatic carbocycles. The number of aliphatic carboxylic acids is 1. The number of pyridine rings is 1. The van der Waals surface area contributed by atoms with Gasteiger partial charge in [0.15, 0.2) is 6.61 Å². The molecule has 0 radical (unpaired) electrons. The van der Waals surface area contributed by atoms with Crippen LogP contribution in [-0.2, 0) is 9.59 Å². The van der Waals surface area contributed by atoms with E-state index in [1.807, 2.05) is 0 Å². The zero-order valence-corrected chi connectivity index (χ0v) is 21.5. The van der Waals surface area contributed by atoms with Crippen molar-refractivity contribution in [1.82, 2.24) is 4.98 Å². The normalized spacial score (nSPS) is 11.9. The molecule has 1 aromatic heterocycles. The Hall–Kier alpha value is -4.25. The van der Waals surface area contributed by atoms with Crippen molar-refractivity contribution in [1.29, 1.82) is 5.41 Å². The van der Waals surface area contributed by atoms with Crippen molar-refractivity contribution < 1.29 is 28.6 Å². The number of carboxylic acid groups (broad SMARTS) is 1. The van der Waals surface area contributed by atoms with E-state index in [0.29, 0.717) is 10.6 Å². The van der Waals surface area contributed by atoms with E-state index in [0.717, 1.165) is 0 Å². The van der Waals surface area contributed by atoms with Gasteiger partial charge in [0.2, 0.25) is 0 Å². The maximum atomic E-state index is 12.7. The Morgan fingerprint density at radius 3 is 2.41 bits per heavy atom. The van der Waals surface area contributed by atoms with Crippen molar-refractivity contribution >= 4 is 46.7 Å². The molecule has 2 amide bonds. The lowest BCUT2D eigenvalue weighted by Crippen LogP contribution is -2.19. The number of nitrogens with zero attached hydrogens (tertiary/aromatic N) is 1. The minimum atomic E-state index is -1.16. The highest BCUT2D eigenvalue weighted by Gasteiger charge is 2.17. The molecule has 1 heterocycles. The number of amidine groups is 1. The lowest BCUT2D eigenvalue weighted by Gasteiger charge is -2.13. The van der Waals surface area contributed by atoms with Gasteiger partial charge in [-0.3, -0.25) is 15.0 Å². The Labute approximate surface area is 218 Å². The first-order valence-electron chi connectivity index (χ1n) is 10.9. The molecule has 2 rings (SSSR count). The highest BCUT2D eigenvalue weighted by atomic mass is 35.5. The van der Waals surface area contributed by atoms with Crippen LogP contribution < -0.4 is 21.1 Å². The first-order valence-corrected chi connectivity index (χ1v) is 11.3. The van der Waals surface area contributed by atoms with Gasteiger partial charge in [-0.1, -0.05) is 24.6 Å². The molecule has 0 aliphatic heterocycles. The van der Waals surface area contributed by atoms with Crippen LogP contribution in [0.5, 0.6) is 5.75 Å². The molecule has 0 saturated carbocycles. The van der Waals surface area contributed by atoms with Crippen LogP contribution in [0.3, 0.4) is 0 Å². The number of rotatable bonds is 9. The third-order valence-corrected chi connectivity index (χ3v) is 4.80. The fraction of sp³-hybridized carbons (Fsp3) is 0.240. The molecule has 10 nitrogen and oxygen atoms in total. The van der Waals surface area contributed by atoms with E-state index in [1.165, 1.54) is 43.5 Å². The van der Waals surface area contributed by atoms with Gasteiger partial charge in [-0.05, 0) is 57.2 Å². The van der Waals surface area contributed by atoms with E-state index >= 15 is 0 Å². The number of nitrogens with two attached hydrogens (primary N) is 1. The summed E-state index contributed by atoms with van der Waals surface area (Å²) in [5, 5.41) is 21.3. The summed E-state index contributed by atoms with van der Waals surface area (Å²) in [6.45, 7) is 5.79. The maximum Gasteiger partial charge on any atom is 0.341 e. The number of halogens is 2. The van der Waals surface area contributed by atoms with Crippen LogP contribution in [0.25, 0.3) is 0 Å². The summed E-state index contributed by atoms with van der Waals surface area (Å²) in [7, 11) is 0. The fourth-order valence-electron chi connectivity index (χ4n) is 2.47. The summed E-state index contributed by atoms with van der Waals surface area (Å²) in [5.41, 5.74) is 5.84. The molecule has 0 bridgehead atoms. The molecule has 6 N–H and O–H groups in total.